The van der Waals surface area contributed by atoms with Crippen molar-refractivity contribution >= 4 is 29.1 Å². The minimum atomic E-state index is -0.897. The first-order valence-electron chi connectivity index (χ1n) is 10.4. The van der Waals surface area contributed by atoms with Gasteiger partial charge in [-0.3, -0.25) is 9.59 Å². The molecule has 7 heteroatoms. The average Bonchev–Trinajstić information content (AvgIpc) is 2.80. The van der Waals surface area contributed by atoms with E-state index in [1.165, 1.54) is 0 Å². The smallest absolute Gasteiger partial charge is 0.307 e. The third-order valence-electron chi connectivity index (χ3n) is 4.87. The van der Waals surface area contributed by atoms with Crippen LogP contribution in [0.4, 0.5) is 17.2 Å². The molecule has 0 unspecified atom stereocenters. The Labute approximate surface area is 191 Å². The van der Waals surface area contributed by atoms with Crippen LogP contribution in [0.3, 0.4) is 0 Å². The summed E-state index contributed by atoms with van der Waals surface area (Å²) in [5.74, 6) is 0.103. The van der Waals surface area contributed by atoms with E-state index in [0.29, 0.717) is 28.5 Å². The molecule has 164 valence electrons. The number of hydrogen-bond donors (Lipinski definition) is 3. The lowest BCUT2D eigenvalue weighted by Gasteiger charge is -2.11. The van der Waals surface area contributed by atoms with Crippen LogP contribution in [0.5, 0.6) is 0 Å². The molecule has 0 fully saturated rings. The van der Waals surface area contributed by atoms with Gasteiger partial charge in [-0.1, -0.05) is 48.5 Å². The molecule has 3 N–H and O–H groups in total. The molecule has 0 saturated carbocycles. The molecule has 0 aliphatic heterocycles. The van der Waals surface area contributed by atoms with E-state index in [1.54, 1.807) is 42.5 Å². The van der Waals surface area contributed by atoms with Crippen LogP contribution in [0.1, 0.15) is 21.7 Å². The second-order valence-electron chi connectivity index (χ2n) is 7.48. The SMILES string of the molecule is Cc1nc(Nc2cccc(C(=O)Nc3ccc(CC(=O)O)cc3)c2)cc(-c2ccccc2)n1. The third kappa shape index (κ3) is 5.80. The minimum Gasteiger partial charge on any atom is -0.481 e. The Morgan fingerprint density at radius 2 is 1.61 bits per heavy atom. The maximum absolute atomic E-state index is 12.7. The lowest BCUT2D eigenvalue weighted by atomic mass is 10.1. The second kappa shape index (κ2) is 9.74. The molecule has 7 nitrogen and oxygen atoms in total. The fraction of sp³-hybridized carbons (Fsp3) is 0.0769. The molecule has 4 rings (SSSR count). The van der Waals surface area contributed by atoms with Gasteiger partial charge in [-0.15, -0.1) is 0 Å². The number of aromatic nitrogens is 2. The van der Waals surface area contributed by atoms with Gasteiger partial charge in [-0.2, -0.15) is 0 Å². The molecule has 0 atom stereocenters. The summed E-state index contributed by atoms with van der Waals surface area (Å²) in [6, 6.07) is 25.6. The number of benzene rings is 3. The Hall–Kier alpha value is -4.52. The maximum atomic E-state index is 12.7. The fourth-order valence-corrected chi connectivity index (χ4v) is 3.36. The van der Waals surface area contributed by atoms with Crippen molar-refractivity contribution in [1.29, 1.82) is 0 Å². The van der Waals surface area contributed by atoms with Crippen LogP contribution in [-0.2, 0) is 11.2 Å². The van der Waals surface area contributed by atoms with Crippen molar-refractivity contribution in [2.45, 2.75) is 13.3 Å². The predicted octanol–water partition coefficient (Wildman–Crippen LogP) is 5.08. The lowest BCUT2D eigenvalue weighted by Crippen LogP contribution is -2.12. The van der Waals surface area contributed by atoms with Gasteiger partial charge in [0.15, 0.2) is 0 Å². The highest BCUT2D eigenvalue weighted by Crippen LogP contribution is 2.23. The first-order chi connectivity index (χ1) is 16.0. The summed E-state index contributed by atoms with van der Waals surface area (Å²) in [4.78, 5) is 32.5. The van der Waals surface area contributed by atoms with E-state index >= 15 is 0 Å². The molecule has 0 radical (unpaired) electrons. The third-order valence-corrected chi connectivity index (χ3v) is 4.87. The van der Waals surface area contributed by atoms with Crippen molar-refractivity contribution in [2.24, 2.45) is 0 Å². The quantitative estimate of drug-likeness (QED) is 0.372. The zero-order valence-corrected chi connectivity index (χ0v) is 17.9. The number of carboxylic acids is 1. The molecule has 1 amide bonds. The molecular formula is C26H22N4O3. The number of amides is 1. The Kier molecular flexibility index (Phi) is 6.40. The Balaban J connectivity index is 1.48. The van der Waals surface area contributed by atoms with Crippen LogP contribution >= 0.6 is 0 Å². The number of aryl methyl sites for hydroxylation is 1. The summed E-state index contributed by atoms with van der Waals surface area (Å²) >= 11 is 0. The Morgan fingerprint density at radius 1 is 0.848 bits per heavy atom. The average molecular weight is 438 g/mol. The minimum absolute atomic E-state index is 0.0591. The van der Waals surface area contributed by atoms with Gasteiger partial charge in [0.2, 0.25) is 0 Å². The van der Waals surface area contributed by atoms with Gasteiger partial charge in [0.1, 0.15) is 11.6 Å². The van der Waals surface area contributed by atoms with Crippen LogP contribution in [0.25, 0.3) is 11.3 Å². The van der Waals surface area contributed by atoms with E-state index in [2.05, 4.69) is 20.6 Å². The van der Waals surface area contributed by atoms with Gasteiger partial charge in [0.05, 0.1) is 12.1 Å². The van der Waals surface area contributed by atoms with Crippen molar-refractivity contribution in [3.05, 3.63) is 102 Å². The molecule has 1 aromatic heterocycles. The monoisotopic (exact) mass is 438 g/mol. The number of carbonyl (C=O) groups excluding carboxylic acids is 1. The van der Waals surface area contributed by atoms with Crippen molar-refractivity contribution in [1.82, 2.24) is 9.97 Å². The Morgan fingerprint density at radius 3 is 2.33 bits per heavy atom. The molecule has 0 aliphatic rings. The molecule has 33 heavy (non-hydrogen) atoms. The molecule has 0 aliphatic carbocycles. The van der Waals surface area contributed by atoms with Gasteiger partial charge < -0.3 is 15.7 Å². The topological polar surface area (TPSA) is 104 Å². The lowest BCUT2D eigenvalue weighted by molar-refractivity contribution is -0.136. The first kappa shape index (κ1) is 21.7. The van der Waals surface area contributed by atoms with Crippen molar-refractivity contribution in [3.8, 4) is 11.3 Å². The number of aliphatic carboxylic acids is 1. The van der Waals surface area contributed by atoms with E-state index in [0.717, 1.165) is 16.9 Å². The van der Waals surface area contributed by atoms with Crippen LogP contribution in [-0.4, -0.2) is 27.0 Å². The van der Waals surface area contributed by atoms with E-state index < -0.39 is 5.97 Å². The number of nitrogens with zero attached hydrogens (tertiary/aromatic N) is 2. The standard InChI is InChI=1S/C26H22N4O3/c1-17-27-23(19-6-3-2-4-7-19)16-24(28-17)29-22-9-5-8-20(15-22)26(33)30-21-12-10-18(11-13-21)14-25(31)32/h2-13,15-16H,14H2,1H3,(H,30,33)(H,31,32)(H,27,28,29). The predicted molar refractivity (Wildman–Crippen MR) is 128 cm³/mol. The number of carbonyl (C=O) groups is 2. The number of hydrogen-bond acceptors (Lipinski definition) is 5. The van der Waals surface area contributed by atoms with Gasteiger partial charge in [0, 0.05) is 28.6 Å². The molecule has 1 heterocycles. The Bertz CT molecular complexity index is 1290. The summed E-state index contributed by atoms with van der Waals surface area (Å²) < 4.78 is 0. The summed E-state index contributed by atoms with van der Waals surface area (Å²) in [7, 11) is 0. The van der Waals surface area contributed by atoms with E-state index in [1.807, 2.05) is 49.4 Å². The molecule has 0 saturated heterocycles. The van der Waals surface area contributed by atoms with E-state index in [-0.39, 0.29) is 12.3 Å². The zero-order valence-electron chi connectivity index (χ0n) is 17.9. The normalized spacial score (nSPS) is 10.5. The van der Waals surface area contributed by atoms with Crippen LogP contribution in [0.15, 0.2) is 84.9 Å². The highest BCUT2D eigenvalue weighted by atomic mass is 16.4. The molecular weight excluding hydrogens is 416 g/mol. The van der Waals surface area contributed by atoms with Crippen LogP contribution in [0, 0.1) is 6.92 Å². The van der Waals surface area contributed by atoms with E-state index in [9.17, 15) is 9.59 Å². The number of carboxylic acid groups (broad SMARTS) is 1. The number of rotatable bonds is 7. The zero-order chi connectivity index (χ0) is 23.2. The van der Waals surface area contributed by atoms with Crippen molar-refractivity contribution in [2.75, 3.05) is 10.6 Å². The summed E-state index contributed by atoms with van der Waals surface area (Å²) in [5.41, 5.74) is 4.26. The van der Waals surface area contributed by atoms with Crippen molar-refractivity contribution in [3.63, 3.8) is 0 Å². The van der Waals surface area contributed by atoms with Crippen LogP contribution < -0.4 is 10.6 Å². The van der Waals surface area contributed by atoms with Crippen molar-refractivity contribution < 1.29 is 14.7 Å². The molecule has 4 aromatic rings. The summed E-state index contributed by atoms with van der Waals surface area (Å²) in [5, 5.41) is 14.9. The number of anilines is 3. The van der Waals surface area contributed by atoms with Crippen LogP contribution in [0.2, 0.25) is 0 Å². The molecule has 3 aromatic carbocycles. The van der Waals surface area contributed by atoms with Gasteiger partial charge in [-0.25, -0.2) is 9.97 Å². The van der Waals surface area contributed by atoms with E-state index in [4.69, 9.17) is 5.11 Å². The first-order valence-corrected chi connectivity index (χ1v) is 10.4. The summed E-state index contributed by atoms with van der Waals surface area (Å²) in [6.45, 7) is 1.84. The fourth-order valence-electron chi connectivity index (χ4n) is 3.36. The number of nitrogens with one attached hydrogen (secondary N) is 2. The van der Waals surface area contributed by atoms with Gasteiger partial charge in [-0.05, 0) is 42.8 Å². The molecule has 0 spiro atoms. The highest BCUT2D eigenvalue weighted by molar-refractivity contribution is 6.04. The maximum Gasteiger partial charge on any atom is 0.307 e. The largest absolute Gasteiger partial charge is 0.481 e. The molecule has 0 bridgehead atoms. The second-order valence-corrected chi connectivity index (χ2v) is 7.48. The summed E-state index contributed by atoms with van der Waals surface area (Å²) in [6.07, 6.45) is -0.0591. The van der Waals surface area contributed by atoms with Gasteiger partial charge in [0.25, 0.3) is 5.91 Å². The highest BCUT2D eigenvalue weighted by Gasteiger charge is 2.09. The van der Waals surface area contributed by atoms with Gasteiger partial charge >= 0.3 is 5.97 Å².